The Hall–Kier alpha value is -1.48. The van der Waals surface area contributed by atoms with Gasteiger partial charge in [-0.05, 0) is 50.9 Å². The molecule has 0 bridgehead atoms. The molecule has 8 heteroatoms. The highest BCUT2D eigenvalue weighted by Gasteiger charge is 2.33. The average Bonchev–Trinajstić information content (AvgIpc) is 3.09. The molecule has 0 saturated carbocycles. The molecule has 3 atom stereocenters. The van der Waals surface area contributed by atoms with E-state index in [0.717, 1.165) is 6.42 Å². The van der Waals surface area contributed by atoms with Crippen LogP contribution < -0.4 is 5.73 Å². The van der Waals surface area contributed by atoms with Crippen molar-refractivity contribution in [3.8, 4) is 0 Å². The topological polar surface area (TPSA) is 92.9 Å². The van der Waals surface area contributed by atoms with Gasteiger partial charge >= 0.3 is 0 Å². The van der Waals surface area contributed by atoms with Gasteiger partial charge in [-0.2, -0.15) is 4.31 Å². The summed E-state index contributed by atoms with van der Waals surface area (Å²) in [6.07, 6.45) is 0.580. The van der Waals surface area contributed by atoms with Crippen LogP contribution in [0, 0.1) is 5.92 Å². The van der Waals surface area contributed by atoms with Crippen molar-refractivity contribution in [2.24, 2.45) is 11.7 Å². The van der Waals surface area contributed by atoms with Gasteiger partial charge in [0.1, 0.15) is 0 Å². The quantitative estimate of drug-likeness (QED) is 0.837. The second-order valence-electron chi connectivity index (χ2n) is 7.25. The van der Waals surface area contributed by atoms with Crippen LogP contribution in [0.25, 0.3) is 0 Å². The number of likely N-dealkylation sites (tertiary alicyclic amines) is 1. The smallest absolute Gasteiger partial charge is 0.253 e. The van der Waals surface area contributed by atoms with Gasteiger partial charge in [0.15, 0.2) is 0 Å². The molecule has 3 unspecified atom stereocenters. The molecule has 144 valence electrons. The number of ether oxygens (including phenoxy) is 1. The number of rotatable bonds is 4. The molecule has 2 heterocycles. The van der Waals surface area contributed by atoms with Gasteiger partial charge in [-0.15, -0.1) is 0 Å². The van der Waals surface area contributed by atoms with E-state index < -0.39 is 10.0 Å². The average molecular weight is 381 g/mol. The first kappa shape index (κ1) is 19.3. The van der Waals surface area contributed by atoms with E-state index >= 15 is 0 Å². The van der Waals surface area contributed by atoms with E-state index in [9.17, 15) is 13.2 Å². The van der Waals surface area contributed by atoms with Gasteiger partial charge in [-0.1, -0.05) is 6.07 Å². The highest BCUT2D eigenvalue weighted by Crippen LogP contribution is 2.23. The van der Waals surface area contributed by atoms with Gasteiger partial charge in [0.05, 0.1) is 17.1 Å². The number of morpholine rings is 1. The largest absolute Gasteiger partial charge is 0.373 e. The lowest BCUT2D eigenvalue weighted by atomic mass is 10.1. The Morgan fingerprint density at radius 1 is 1.23 bits per heavy atom. The number of sulfonamides is 1. The van der Waals surface area contributed by atoms with Crippen LogP contribution in [0.5, 0.6) is 0 Å². The number of amides is 1. The van der Waals surface area contributed by atoms with Crippen LogP contribution in [0.4, 0.5) is 0 Å². The van der Waals surface area contributed by atoms with Crippen molar-refractivity contribution in [3.05, 3.63) is 29.8 Å². The van der Waals surface area contributed by atoms with E-state index in [-0.39, 0.29) is 23.0 Å². The monoisotopic (exact) mass is 381 g/mol. The molecule has 0 aliphatic carbocycles. The first-order valence-corrected chi connectivity index (χ1v) is 10.5. The maximum absolute atomic E-state index is 13.0. The molecule has 1 amide bonds. The molecule has 2 fully saturated rings. The summed E-state index contributed by atoms with van der Waals surface area (Å²) in [4.78, 5) is 14.6. The first-order valence-electron chi connectivity index (χ1n) is 9.06. The zero-order chi connectivity index (χ0) is 18.9. The fourth-order valence-electron chi connectivity index (χ4n) is 3.66. The van der Waals surface area contributed by atoms with Gasteiger partial charge in [-0.3, -0.25) is 4.79 Å². The Morgan fingerprint density at radius 2 is 1.92 bits per heavy atom. The molecule has 7 nitrogen and oxygen atoms in total. The summed E-state index contributed by atoms with van der Waals surface area (Å²) in [7, 11) is -3.66. The number of carbonyl (C=O) groups is 1. The third kappa shape index (κ3) is 3.93. The Bertz CT molecular complexity index is 757. The van der Waals surface area contributed by atoms with Crippen molar-refractivity contribution < 1.29 is 17.9 Å². The van der Waals surface area contributed by atoms with Crippen molar-refractivity contribution >= 4 is 15.9 Å². The fourth-order valence-corrected chi connectivity index (χ4v) is 5.29. The summed E-state index contributed by atoms with van der Waals surface area (Å²) in [5.41, 5.74) is 6.09. The summed E-state index contributed by atoms with van der Waals surface area (Å²) in [6.45, 7) is 6.20. The fraction of sp³-hybridized carbons (Fsp3) is 0.611. The van der Waals surface area contributed by atoms with Gasteiger partial charge in [0.2, 0.25) is 10.0 Å². The Balaban J connectivity index is 1.81. The van der Waals surface area contributed by atoms with Gasteiger partial charge in [-0.25, -0.2) is 8.42 Å². The second kappa shape index (κ2) is 7.64. The zero-order valence-electron chi connectivity index (χ0n) is 15.3. The summed E-state index contributed by atoms with van der Waals surface area (Å²) in [6, 6.07) is 6.33. The molecule has 1 aromatic carbocycles. The van der Waals surface area contributed by atoms with Crippen LogP contribution >= 0.6 is 0 Å². The van der Waals surface area contributed by atoms with Crippen LogP contribution in [0.15, 0.2) is 29.2 Å². The SMILES string of the molecule is CC1CN(S(=O)(=O)c2cccc(C(=O)N3CCC(CN)C3)c2)CC(C)O1. The van der Waals surface area contributed by atoms with E-state index in [1.165, 1.54) is 10.4 Å². The molecule has 2 aliphatic heterocycles. The number of benzene rings is 1. The predicted octanol–water partition coefficient (Wildman–Crippen LogP) is 0.905. The van der Waals surface area contributed by atoms with Crippen molar-refractivity contribution in [1.29, 1.82) is 0 Å². The van der Waals surface area contributed by atoms with Crippen LogP contribution in [-0.4, -0.2) is 68.5 Å². The summed E-state index contributed by atoms with van der Waals surface area (Å²) >= 11 is 0. The van der Waals surface area contributed by atoms with E-state index in [1.807, 2.05) is 13.8 Å². The molecule has 2 saturated heterocycles. The normalized spacial score (nSPS) is 27.7. The number of nitrogens with zero attached hydrogens (tertiary/aromatic N) is 2. The van der Waals surface area contributed by atoms with Crippen LogP contribution in [-0.2, 0) is 14.8 Å². The minimum Gasteiger partial charge on any atom is -0.373 e. The maximum Gasteiger partial charge on any atom is 0.253 e. The van der Waals surface area contributed by atoms with E-state index in [2.05, 4.69) is 0 Å². The predicted molar refractivity (Wildman–Crippen MR) is 98.3 cm³/mol. The molecule has 1 aromatic rings. The Labute approximate surface area is 155 Å². The van der Waals surface area contributed by atoms with Crippen LogP contribution in [0.1, 0.15) is 30.6 Å². The molecule has 0 radical (unpaired) electrons. The minimum atomic E-state index is -3.66. The van der Waals surface area contributed by atoms with E-state index in [4.69, 9.17) is 10.5 Å². The molecule has 0 aromatic heterocycles. The van der Waals surface area contributed by atoms with Crippen molar-refractivity contribution in [1.82, 2.24) is 9.21 Å². The Kier molecular flexibility index (Phi) is 5.67. The van der Waals surface area contributed by atoms with E-state index in [1.54, 1.807) is 23.1 Å². The Morgan fingerprint density at radius 3 is 2.54 bits per heavy atom. The molecule has 2 aliphatic rings. The number of nitrogens with two attached hydrogens (primary N) is 1. The van der Waals surface area contributed by atoms with Crippen molar-refractivity contribution in [2.75, 3.05) is 32.7 Å². The summed E-state index contributed by atoms with van der Waals surface area (Å²) < 4.78 is 33.1. The lowest BCUT2D eigenvalue weighted by Crippen LogP contribution is -2.48. The van der Waals surface area contributed by atoms with Crippen LogP contribution in [0.2, 0.25) is 0 Å². The lowest BCUT2D eigenvalue weighted by molar-refractivity contribution is -0.0440. The summed E-state index contributed by atoms with van der Waals surface area (Å²) in [5.74, 6) is 0.184. The van der Waals surface area contributed by atoms with Crippen LogP contribution in [0.3, 0.4) is 0 Å². The molecule has 2 N–H and O–H groups in total. The lowest BCUT2D eigenvalue weighted by Gasteiger charge is -2.34. The van der Waals surface area contributed by atoms with Gasteiger partial charge in [0, 0.05) is 31.7 Å². The molecule has 0 spiro atoms. The number of carbonyl (C=O) groups excluding carboxylic acids is 1. The standard InChI is InChI=1S/C18H27N3O4S/c1-13-10-21(11-14(2)25-13)26(23,24)17-5-3-4-16(8-17)18(22)20-7-6-15(9-19)12-20/h3-5,8,13-15H,6-7,9-12,19H2,1-2H3. The van der Waals surface area contributed by atoms with Gasteiger partial charge < -0.3 is 15.4 Å². The van der Waals surface area contributed by atoms with Gasteiger partial charge in [0.25, 0.3) is 5.91 Å². The van der Waals surface area contributed by atoms with Crippen molar-refractivity contribution in [3.63, 3.8) is 0 Å². The summed E-state index contributed by atoms with van der Waals surface area (Å²) in [5, 5.41) is 0. The highest BCUT2D eigenvalue weighted by atomic mass is 32.2. The zero-order valence-corrected chi connectivity index (χ0v) is 16.1. The third-order valence-corrected chi connectivity index (χ3v) is 6.84. The second-order valence-corrected chi connectivity index (χ2v) is 9.19. The first-order chi connectivity index (χ1) is 12.3. The van der Waals surface area contributed by atoms with Crippen molar-refractivity contribution in [2.45, 2.75) is 37.4 Å². The molecular weight excluding hydrogens is 354 g/mol. The third-order valence-electron chi connectivity index (χ3n) is 5.01. The highest BCUT2D eigenvalue weighted by molar-refractivity contribution is 7.89. The molecule has 3 rings (SSSR count). The number of hydrogen-bond donors (Lipinski definition) is 1. The van der Waals surface area contributed by atoms with E-state index in [0.29, 0.717) is 44.2 Å². The minimum absolute atomic E-state index is 0.137. The molecular formula is C18H27N3O4S. The molecule has 26 heavy (non-hydrogen) atoms. The maximum atomic E-state index is 13.0. The number of hydrogen-bond acceptors (Lipinski definition) is 5.